The minimum Gasteiger partial charge on any atom is -0.465 e. The van der Waals surface area contributed by atoms with Gasteiger partial charge in [-0.15, -0.1) is 0 Å². The lowest BCUT2D eigenvalue weighted by atomic mass is 9.79. The van der Waals surface area contributed by atoms with Crippen LogP contribution in [0.5, 0.6) is 0 Å². The number of rotatable bonds is 5. The molecule has 1 atom stereocenters. The van der Waals surface area contributed by atoms with E-state index in [9.17, 15) is 9.59 Å². The molecular weight excluding hydrogens is 180 g/mol. The van der Waals surface area contributed by atoms with Crippen molar-refractivity contribution >= 4 is 11.8 Å². The quantitative estimate of drug-likeness (QED) is 0.504. The highest BCUT2D eigenvalue weighted by Crippen LogP contribution is 2.28. The monoisotopic (exact) mass is 200 g/mol. The van der Waals surface area contributed by atoms with Crippen LogP contribution < -0.4 is 0 Å². The van der Waals surface area contributed by atoms with Gasteiger partial charge in [-0.3, -0.25) is 9.59 Å². The summed E-state index contributed by atoms with van der Waals surface area (Å²) in [5, 5.41) is 0. The molecule has 0 radical (unpaired) electrons. The molecule has 0 aliphatic heterocycles. The SMILES string of the molecule is CCOC(=O)C(C)(CC(C)C)C(C)=O. The summed E-state index contributed by atoms with van der Waals surface area (Å²) >= 11 is 0. The summed E-state index contributed by atoms with van der Waals surface area (Å²) in [6.07, 6.45) is 0.543. The molecule has 14 heavy (non-hydrogen) atoms. The van der Waals surface area contributed by atoms with Crippen LogP contribution in [0.3, 0.4) is 0 Å². The second-order valence-corrected chi connectivity index (χ2v) is 4.21. The summed E-state index contributed by atoms with van der Waals surface area (Å²) in [5.41, 5.74) is -0.968. The standard InChI is InChI=1S/C11H20O3/c1-6-14-10(13)11(5,9(4)12)7-8(2)3/h8H,6-7H2,1-5H3. The first kappa shape index (κ1) is 13.1. The van der Waals surface area contributed by atoms with Crippen molar-refractivity contribution in [3.8, 4) is 0 Å². The normalized spacial score (nSPS) is 15.0. The third-order valence-corrected chi connectivity index (χ3v) is 2.32. The number of esters is 1. The van der Waals surface area contributed by atoms with Crippen molar-refractivity contribution in [2.24, 2.45) is 11.3 Å². The maximum atomic E-state index is 11.6. The molecule has 0 aromatic heterocycles. The lowest BCUT2D eigenvalue weighted by molar-refractivity contribution is -0.159. The van der Waals surface area contributed by atoms with E-state index >= 15 is 0 Å². The van der Waals surface area contributed by atoms with Crippen molar-refractivity contribution in [3.63, 3.8) is 0 Å². The summed E-state index contributed by atoms with van der Waals surface area (Å²) in [6.45, 7) is 9.14. The van der Waals surface area contributed by atoms with Gasteiger partial charge in [-0.2, -0.15) is 0 Å². The average molecular weight is 200 g/mol. The predicted molar refractivity (Wildman–Crippen MR) is 54.9 cm³/mol. The third-order valence-electron chi connectivity index (χ3n) is 2.32. The number of hydrogen-bond donors (Lipinski definition) is 0. The average Bonchev–Trinajstić information content (AvgIpc) is 2.02. The fourth-order valence-corrected chi connectivity index (χ4v) is 1.48. The largest absolute Gasteiger partial charge is 0.465 e. The van der Waals surface area contributed by atoms with Crippen LogP contribution in [-0.2, 0) is 14.3 Å². The van der Waals surface area contributed by atoms with E-state index in [2.05, 4.69) is 0 Å². The van der Waals surface area contributed by atoms with Gasteiger partial charge in [0.25, 0.3) is 0 Å². The topological polar surface area (TPSA) is 43.4 Å². The van der Waals surface area contributed by atoms with E-state index in [1.807, 2.05) is 13.8 Å². The van der Waals surface area contributed by atoms with Gasteiger partial charge < -0.3 is 4.74 Å². The number of Topliss-reactive ketones (excluding diaryl/α,β-unsaturated/α-hetero) is 1. The Morgan fingerprint density at radius 3 is 2.14 bits per heavy atom. The molecule has 0 N–H and O–H groups in total. The van der Waals surface area contributed by atoms with Crippen LogP contribution in [0, 0.1) is 11.3 Å². The van der Waals surface area contributed by atoms with Crippen molar-refractivity contribution < 1.29 is 14.3 Å². The van der Waals surface area contributed by atoms with Crippen molar-refractivity contribution in [2.75, 3.05) is 6.61 Å². The smallest absolute Gasteiger partial charge is 0.319 e. The lowest BCUT2D eigenvalue weighted by Gasteiger charge is -2.25. The van der Waals surface area contributed by atoms with Gasteiger partial charge in [0, 0.05) is 0 Å². The molecule has 0 aromatic rings. The van der Waals surface area contributed by atoms with Crippen LogP contribution in [0.15, 0.2) is 0 Å². The maximum Gasteiger partial charge on any atom is 0.319 e. The molecule has 0 saturated heterocycles. The zero-order valence-electron chi connectivity index (χ0n) is 9.72. The van der Waals surface area contributed by atoms with Gasteiger partial charge in [-0.05, 0) is 33.1 Å². The number of carbonyl (C=O) groups is 2. The molecule has 3 heteroatoms. The van der Waals surface area contributed by atoms with Crippen LogP contribution in [0.2, 0.25) is 0 Å². The molecule has 0 saturated carbocycles. The van der Waals surface area contributed by atoms with Crippen LogP contribution in [-0.4, -0.2) is 18.4 Å². The van der Waals surface area contributed by atoms with Crippen molar-refractivity contribution in [1.29, 1.82) is 0 Å². The number of ketones is 1. The van der Waals surface area contributed by atoms with Crippen molar-refractivity contribution in [3.05, 3.63) is 0 Å². The number of hydrogen-bond acceptors (Lipinski definition) is 3. The second-order valence-electron chi connectivity index (χ2n) is 4.21. The molecular formula is C11H20O3. The molecule has 0 aliphatic carbocycles. The van der Waals surface area contributed by atoms with Crippen molar-refractivity contribution in [2.45, 2.75) is 41.0 Å². The Morgan fingerprint density at radius 2 is 1.86 bits per heavy atom. The van der Waals surface area contributed by atoms with Gasteiger partial charge in [-0.25, -0.2) is 0 Å². The predicted octanol–water partition coefficient (Wildman–Crippen LogP) is 2.19. The summed E-state index contributed by atoms with van der Waals surface area (Å²) in [5.74, 6) is -0.223. The van der Waals surface area contributed by atoms with Crippen LogP contribution >= 0.6 is 0 Å². The lowest BCUT2D eigenvalue weighted by Crippen LogP contribution is -2.37. The van der Waals surface area contributed by atoms with Gasteiger partial charge >= 0.3 is 5.97 Å². The maximum absolute atomic E-state index is 11.6. The molecule has 0 rings (SSSR count). The van der Waals surface area contributed by atoms with Crippen molar-refractivity contribution in [1.82, 2.24) is 0 Å². The Bertz CT molecular complexity index is 221. The summed E-state index contributed by atoms with van der Waals surface area (Å²) in [7, 11) is 0. The van der Waals surface area contributed by atoms with E-state index in [0.29, 0.717) is 18.9 Å². The molecule has 1 unspecified atom stereocenters. The van der Waals surface area contributed by atoms with Gasteiger partial charge in [0.1, 0.15) is 11.2 Å². The Balaban J connectivity index is 4.71. The Labute approximate surface area is 85.8 Å². The number of carbonyl (C=O) groups excluding carboxylic acids is 2. The zero-order valence-corrected chi connectivity index (χ0v) is 9.72. The third kappa shape index (κ3) is 3.13. The molecule has 0 bridgehead atoms. The van der Waals surface area contributed by atoms with E-state index in [1.54, 1.807) is 13.8 Å². The molecule has 0 aliphatic rings. The van der Waals surface area contributed by atoms with E-state index in [4.69, 9.17) is 4.74 Å². The molecule has 0 fully saturated rings. The minimum absolute atomic E-state index is 0.121. The van der Waals surface area contributed by atoms with E-state index in [-0.39, 0.29) is 5.78 Å². The highest BCUT2D eigenvalue weighted by Gasteiger charge is 2.40. The highest BCUT2D eigenvalue weighted by molar-refractivity contribution is 6.02. The second kappa shape index (κ2) is 5.13. The van der Waals surface area contributed by atoms with E-state index < -0.39 is 11.4 Å². The molecule has 0 heterocycles. The minimum atomic E-state index is -0.968. The molecule has 0 amide bonds. The van der Waals surface area contributed by atoms with Gasteiger partial charge in [0.05, 0.1) is 6.61 Å². The van der Waals surface area contributed by atoms with Crippen LogP contribution in [0.25, 0.3) is 0 Å². The van der Waals surface area contributed by atoms with Crippen LogP contribution in [0.4, 0.5) is 0 Å². The fraction of sp³-hybridized carbons (Fsp3) is 0.818. The molecule has 0 aromatic carbocycles. The zero-order chi connectivity index (χ0) is 11.4. The van der Waals surface area contributed by atoms with E-state index in [1.165, 1.54) is 6.92 Å². The summed E-state index contributed by atoms with van der Waals surface area (Å²) in [6, 6.07) is 0. The fourth-order valence-electron chi connectivity index (χ4n) is 1.48. The Hall–Kier alpha value is -0.860. The Kier molecular flexibility index (Phi) is 4.81. The first-order valence-corrected chi connectivity index (χ1v) is 5.02. The Morgan fingerprint density at radius 1 is 1.36 bits per heavy atom. The van der Waals surface area contributed by atoms with E-state index in [0.717, 1.165) is 0 Å². The first-order valence-electron chi connectivity index (χ1n) is 5.02. The van der Waals surface area contributed by atoms with Gasteiger partial charge in [0.2, 0.25) is 0 Å². The number of ether oxygens (including phenoxy) is 1. The molecule has 0 spiro atoms. The van der Waals surface area contributed by atoms with Crippen LogP contribution in [0.1, 0.15) is 41.0 Å². The van der Waals surface area contributed by atoms with Gasteiger partial charge in [-0.1, -0.05) is 13.8 Å². The molecule has 3 nitrogen and oxygen atoms in total. The van der Waals surface area contributed by atoms with Gasteiger partial charge in [0.15, 0.2) is 0 Å². The highest BCUT2D eigenvalue weighted by atomic mass is 16.5. The molecule has 82 valence electrons. The summed E-state index contributed by atoms with van der Waals surface area (Å²) in [4.78, 5) is 23.0. The summed E-state index contributed by atoms with van der Waals surface area (Å²) < 4.78 is 4.91. The first-order chi connectivity index (χ1) is 6.34.